The van der Waals surface area contributed by atoms with E-state index in [1.54, 1.807) is 21.8 Å². The number of aromatic nitrogens is 3. The van der Waals surface area contributed by atoms with E-state index in [1.165, 1.54) is 6.07 Å². The second kappa shape index (κ2) is 9.33. The van der Waals surface area contributed by atoms with Crippen LogP contribution in [-0.2, 0) is 30.7 Å². The maximum atomic E-state index is 14.8. The van der Waals surface area contributed by atoms with Gasteiger partial charge in [0.15, 0.2) is 0 Å². The number of carbonyl (C=O) groups excluding carboxylic acids is 1. The van der Waals surface area contributed by atoms with Crippen molar-refractivity contribution in [2.75, 3.05) is 24.7 Å². The Hall–Kier alpha value is -2.61. The van der Waals surface area contributed by atoms with Crippen LogP contribution in [0.1, 0.15) is 39.9 Å². The summed E-state index contributed by atoms with van der Waals surface area (Å²) in [5.41, 5.74) is 4.21. The van der Waals surface area contributed by atoms with Crippen LogP contribution in [0.25, 0.3) is 5.78 Å². The first-order valence-corrected chi connectivity index (χ1v) is 12.9. The maximum Gasteiger partial charge on any atom is 0.0892 e. The van der Waals surface area contributed by atoms with Crippen LogP contribution in [0.2, 0.25) is 0 Å². The van der Waals surface area contributed by atoms with Crippen LogP contribution >= 0.6 is 0 Å². The first-order chi connectivity index (χ1) is 16.0. The van der Waals surface area contributed by atoms with Crippen molar-refractivity contribution in [1.82, 2.24) is 22.4 Å². The fourth-order valence-electron chi connectivity index (χ4n) is 4.04. The summed E-state index contributed by atoms with van der Waals surface area (Å²) in [6.07, 6.45) is 5.05. The van der Waals surface area contributed by atoms with Gasteiger partial charge < -0.3 is 4.74 Å². The van der Waals surface area contributed by atoms with Gasteiger partial charge in [-0.1, -0.05) is 6.92 Å². The molecule has 0 bridgehead atoms. The molecule has 0 radical (unpaired) electrons. The van der Waals surface area contributed by atoms with E-state index < -0.39 is 0 Å². The molecule has 0 saturated heterocycles. The maximum absolute atomic E-state index is 14.8. The predicted molar refractivity (Wildman–Crippen MR) is 122 cm³/mol. The Labute approximate surface area is 206 Å². The molecule has 5 rings (SSSR count). The van der Waals surface area contributed by atoms with Crippen LogP contribution < -0.4 is 10.3 Å². The molecule has 2 aliphatic rings. The van der Waals surface area contributed by atoms with Gasteiger partial charge in [-0.15, -0.1) is 0 Å². The van der Waals surface area contributed by atoms with Crippen LogP contribution in [-0.4, -0.2) is 75.1 Å². The molecule has 1 N–H and O–H groups in total. The third-order valence-electron chi connectivity index (χ3n) is 5.81. The minimum absolute atomic E-state index is 0.206. The topological polar surface area (TPSA) is 87.4 Å². The van der Waals surface area contributed by atoms with Gasteiger partial charge in [0, 0.05) is 6.20 Å². The number of aryl methyl sites for hydroxylation is 1. The van der Waals surface area contributed by atoms with E-state index in [2.05, 4.69) is 23.1 Å². The van der Waals surface area contributed by atoms with E-state index in [1.807, 2.05) is 19.2 Å². The molecule has 0 fully saturated rings. The van der Waals surface area contributed by atoms with Gasteiger partial charge in [0.2, 0.25) is 5.78 Å². The van der Waals surface area contributed by atoms with Gasteiger partial charge in [0.05, 0.1) is 24.6 Å². The third-order valence-corrected chi connectivity index (χ3v) is 7.33. The summed E-state index contributed by atoms with van der Waals surface area (Å²) in [4.78, 5) is 22.3. The van der Waals surface area contributed by atoms with Crippen LogP contribution in [0.4, 0.5) is 10.1 Å². The Morgan fingerprint density at radius 3 is 2.94 bits per heavy atom. The summed E-state index contributed by atoms with van der Waals surface area (Å²) in [6.45, 7) is 4.76. The van der Waals surface area contributed by atoms with E-state index in [-0.39, 0.29) is 18.3 Å². The standard InChI is InChI=1S/C22H24FN7O2.Tl/c1-2-17-20(29-11-15-5-8-32-12-18(15)28-22(29)27-17)21(31)25-10-14-3-4-19(16(23)9-14)30-7-6-24-13-26-30;/h3-4,9,11,13H,2,5-8,10,12H2,1H3,(H2,24,25,26,31);/q;+1/p-1. The second-order valence-electron chi connectivity index (χ2n) is 8.01. The molecule has 168 valence electrons. The molecule has 11 heteroatoms. The van der Waals surface area contributed by atoms with Crippen molar-refractivity contribution in [3.8, 4) is 0 Å². The van der Waals surface area contributed by atoms with Crippen molar-refractivity contribution < 1.29 is 13.9 Å². The van der Waals surface area contributed by atoms with E-state index in [4.69, 9.17) is 4.74 Å². The summed E-state index contributed by atoms with van der Waals surface area (Å²) >= 11 is 0.688. The van der Waals surface area contributed by atoms with Crippen molar-refractivity contribution in [2.45, 2.75) is 32.9 Å². The first-order valence-electron chi connectivity index (χ1n) is 10.9. The number of hydrogen-bond donors (Lipinski definition) is 1. The molecule has 0 unspecified atom stereocenters. The summed E-state index contributed by atoms with van der Waals surface area (Å²) in [6, 6.07) is 4.98. The minimum Gasteiger partial charge on any atom is -0.375 e. The van der Waals surface area contributed by atoms with Crippen molar-refractivity contribution in [2.24, 2.45) is 5.10 Å². The van der Waals surface area contributed by atoms with Crippen molar-refractivity contribution in [3.05, 3.63) is 58.4 Å². The van der Waals surface area contributed by atoms with Gasteiger partial charge in [-0.2, -0.15) is 0 Å². The fourth-order valence-corrected chi connectivity index (χ4v) is 4.72. The van der Waals surface area contributed by atoms with Crippen molar-refractivity contribution in [3.63, 3.8) is 0 Å². The Bertz CT molecular complexity index is 1250. The zero-order valence-electron chi connectivity index (χ0n) is 18.3. The number of halogens is 1. The van der Waals surface area contributed by atoms with Gasteiger partial charge >= 0.3 is 126 Å². The van der Waals surface area contributed by atoms with Gasteiger partial charge in [-0.3, -0.25) is 4.40 Å². The summed E-state index contributed by atoms with van der Waals surface area (Å²) in [7, 11) is 0. The zero-order chi connectivity index (χ0) is 22.9. The monoisotopic (exact) mass is 641 g/mol. The van der Waals surface area contributed by atoms with E-state index in [0.29, 0.717) is 80.7 Å². The summed E-state index contributed by atoms with van der Waals surface area (Å²) in [5.74, 6) is -0.121. The molecule has 1 aromatic carbocycles. The normalized spacial score (nSPS) is 15.7. The van der Waals surface area contributed by atoms with E-state index >= 15 is 0 Å². The molecule has 2 aromatic heterocycles. The average molecular weight is 641 g/mol. The average Bonchev–Trinajstić information content (AvgIpc) is 3.19. The number of anilines is 1. The molecule has 4 heterocycles. The molecule has 0 aliphatic carbocycles. The Morgan fingerprint density at radius 1 is 1.30 bits per heavy atom. The summed E-state index contributed by atoms with van der Waals surface area (Å²) < 4.78 is 24.1. The quantitative estimate of drug-likeness (QED) is 0.427. The smallest absolute Gasteiger partial charge is 0.0892 e. The number of nitrogens with zero attached hydrogens (tertiary/aromatic N) is 6. The second-order valence-corrected chi connectivity index (χ2v) is 10.6. The van der Waals surface area contributed by atoms with Gasteiger partial charge in [-0.25, -0.2) is 9.97 Å². The Morgan fingerprint density at radius 2 is 2.18 bits per heavy atom. The van der Waals surface area contributed by atoms with Crippen LogP contribution in [0, 0.1) is 5.82 Å². The third kappa shape index (κ3) is 4.45. The number of ether oxygens (including phenoxy) is 1. The number of benzene rings is 1. The van der Waals surface area contributed by atoms with E-state index in [9.17, 15) is 9.18 Å². The van der Waals surface area contributed by atoms with Crippen LogP contribution in [0.5, 0.6) is 0 Å². The molecular formula is C22H23FN7O2Tl. The van der Waals surface area contributed by atoms with Gasteiger partial charge in [0.1, 0.15) is 0 Å². The largest absolute Gasteiger partial charge is 0.375 e. The number of carbonyl (C=O) groups is 1. The number of hydrogen-bond acceptors (Lipinski definition) is 7. The Balaban J connectivity index is 1.35. The minimum atomic E-state index is -0.356. The molecule has 9 nitrogen and oxygen atoms in total. The zero-order valence-corrected chi connectivity index (χ0v) is 22.8. The molecule has 33 heavy (non-hydrogen) atoms. The number of hydrazone groups is 1. The molecule has 2 aliphatic heterocycles. The number of nitrogens with one attached hydrogen (secondary N) is 1. The summed E-state index contributed by atoms with van der Waals surface area (Å²) in [5, 5.41) is 8.89. The van der Waals surface area contributed by atoms with Crippen LogP contribution in [0.15, 0.2) is 29.5 Å². The number of imidazole rings is 1. The predicted octanol–water partition coefficient (Wildman–Crippen LogP) is 1.58. The van der Waals surface area contributed by atoms with Crippen molar-refractivity contribution in [1.29, 1.82) is 0 Å². The Kier molecular flexibility index (Phi) is 6.28. The van der Waals surface area contributed by atoms with Crippen molar-refractivity contribution >= 4 is 49.8 Å². The van der Waals surface area contributed by atoms with Gasteiger partial charge in [0.25, 0.3) is 0 Å². The number of fused-ring (bicyclic) bond motifs is 2. The fraction of sp³-hybridized carbons (Fsp3) is 0.364. The molecule has 1 amide bonds. The SMILES string of the molecule is CCc1nc2nc3c(cn2c1C(=O)NCc1ccc(N2CC[N]([Tl])C=N2)c(F)c1)CCOC3. The number of amides is 1. The van der Waals surface area contributed by atoms with Gasteiger partial charge in [-0.05, 0) is 18.4 Å². The number of rotatable bonds is 5. The molecular weight excluding hydrogens is 618 g/mol. The van der Waals surface area contributed by atoms with Crippen LogP contribution in [0.3, 0.4) is 0 Å². The molecule has 3 aromatic rings. The molecule has 0 saturated carbocycles. The first kappa shape index (κ1) is 22.2. The van der Waals surface area contributed by atoms with E-state index in [0.717, 1.165) is 24.2 Å². The molecule has 0 atom stereocenters. The molecule has 0 spiro atoms.